The molecule has 0 saturated heterocycles. The van der Waals surface area contributed by atoms with Crippen molar-refractivity contribution >= 4 is 5.78 Å². The predicted octanol–water partition coefficient (Wildman–Crippen LogP) is 4.06. The molecule has 0 atom stereocenters. The minimum absolute atomic E-state index is 0.111. The average molecular weight is 276 g/mol. The predicted molar refractivity (Wildman–Crippen MR) is 72.3 cm³/mol. The van der Waals surface area contributed by atoms with E-state index in [9.17, 15) is 13.6 Å². The van der Waals surface area contributed by atoms with Gasteiger partial charge in [0.25, 0.3) is 0 Å². The van der Waals surface area contributed by atoms with Crippen LogP contribution in [0.25, 0.3) is 0 Å². The van der Waals surface area contributed by atoms with Gasteiger partial charge in [0, 0.05) is 5.56 Å². The first kappa shape index (κ1) is 14.2. The molecular formula is C16H14F2O2. The van der Waals surface area contributed by atoms with E-state index in [1.54, 1.807) is 36.4 Å². The molecule has 0 amide bonds. The lowest BCUT2D eigenvalue weighted by molar-refractivity contribution is -0.0468. The Hall–Kier alpha value is -2.23. The largest absolute Gasteiger partial charge is 0.486 e. The molecule has 2 nitrogen and oxygen atoms in total. The van der Waals surface area contributed by atoms with Crippen LogP contribution < -0.4 is 4.74 Å². The topological polar surface area (TPSA) is 26.3 Å². The number of ether oxygens (including phenoxy) is 1. The number of rotatable bonds is 5. The second-order valence-electron chi connectivity index (χ2n) is 4.41. The van der Waals surface area contributed by atoms with Crippen LogP contribution in [0.15, 0.2) is 54.6 Å². The Balaban J connectivity index is 2.15. The van der Waals surface area contributed by atoms with E-state index in [0.29, 0.717) is 5.56 Å². The molecule has 0 aliphatic rings. The molecule has 0 aromatic heterocycles. The van der Waals surface area contributed by atoms with Gasteiger partial charge in [-0.25, -0.2) is 0 Å². The number of para-hydroxylation sites is 1. The SMILES string of the molecule is CC(=O)c1ccccc1OCC(F)(F)c1ccccc1. The van der Waals surface area contributed by atoms with Crippen molar-refractivity contribution in [2.24, 2.45) is 0 Å². The highest BCUT2D eigenvalue weighted by Gasteiger charge is 2.32. The highest BCUT2D eigenvalue weighted by molar-refractivity contribution is 5.96. The molecule has 2 aromatic carbocycles. The fourth-order valence-corrected chi connectivity index (χ4v) is 1.82. The van der Waals surface area contributed by atoms with Crippen molar-refractivity contribution in [1.82, 2.24) is 0 Å². The maximum atomic E-state index is 14.0. The van der Waals surface area contributed by atoms with E-state index in [1.165, 1.54) is 25.1 Å². The summed E-state index contributed by atoms with van der Waals surface area (Å²) in [6, 6.07) is 13.8. The Kier molecular flexibility index (Phi) is 4.13. The Bertz CT molecular complexity index is 594. The third-order valence-electron chi connectivity index (χ3n) is 2.87. The number of hydrogen-bond donors (Lipinski definition) is 0. The van der Waals surface area contributed by atoms with E-state index in [4.69, 9.17) is 4.74 Å². The smallest absolute Gasteiger partial charge is 0.306 e. The number of carbonyl (C=O) groups is 1. The normalized spacial score (nSPS) is 11.2. The second kappa shape index (κ2) is 5.82. The number of ketones is 1. The lowest BCUT2D eigenvalue weighted by Crippen LogP contribution is -2.23. The van der Waals surface area contributed by atoms with Gasteiger partial charge in [-0.2, -0.15) is 8.78 Å². The number of Topliss-reactive ketones (excluding diaryl/α,β-unsaturated/α-hetero) is 1. The molecule has 0 unspecified atom stereocenters. The molecule has 0 spiro atoms. The maximum absolute atomic E-state index is 14.0. The van der Waals surface area contributed by atoms with E-state index in [-0.39, 0.29) is 17.1 Å². The third-order valence-corrected chi connectivity index (χ3v) is 2.87. The summed E-state index contributed by atoms with van der Waals surface area (Å²) in [5, 5.41) is 0. The zero-order valence-electron chi connectivity index (χ0n) is 11.0. The first-order valence-corrected chi connectivity index (χ1v) is 6.17. The maximum Gasteiger partial charge on any atom is 0.306 e. The van der Waals surface area contributed by atoms with Crippen molar-refractivity contribution in [3.63, 3.8) is 0 Å². The van der Waals surface area contributed by atoms with E-state index >= 15 is 0 Å². The van der Waals surface area contributed by atoms with Crippen molar-refractivity contribution in [3.05, 3.63) is 65.7 Å². The Morgan fingerprint density at radius 2 is 1.65 bits per heavy atom. The number of halogens is 2. The molecule has 0 heterocycles. The first-order chi connectivity index (χ1) is 9.50. The lowest BCUT2D eigenvalue weighted by Gasteiger charge is -2.18. The molecule has 0 aliphatic heterocycles. The van der Waals surface area contributed by atoms with Crippen LogP contribution in [-0.2, 0) is 5.92 Å². The molecular weight excluding hydrogens is 262 g/mol. The summed E-state index contributed by atoms with van der Waals surface area (Å²) in [7, 11) is 0. The summed E-state index contributed by atoms with van der Waals surface area (Å²) < 4.78 is 33.1. The van der Waals surface area contributed by atoms with Crippen molar-refractivity contribution in [1.29, 1.82) is 0 Å². The van der Waals surface area contributed by atoms with Crippen molar-refractivity contribution in [3.8, 4) is 5.75 Å². The van der Waals surface area contributed by atoms with Crippen molar-refractivity contribution in [2.45, 2.75) is 12.8 Å². The summed E-state index contributed by atoms with van der Waals surface area (Å²) in [6.07, 6.45) is 0. The molecule has 0 radical (unpaired) electrons. The minimum atomic E-state index is -3.11. The Morgan fingerprint density at radius 1 is 1.05 bits per heavy atom. The van der Waals surface area contributed by atoms with E-state index < -0.39 is 12.5 Å². The van der Waals surface area contributed by atoms with Crippen LogP contribution in [0.2, 0.25) is 0 Å². The monoisotopic (exact) mass is 276 g/mol. The molecule has 104 valence electrons. The molecule has 0 N–H and O–H groups in total. The highest BCUT2D eigenvalue weighted by Crippen LogP contribution is 2.29. The van der Waals surface area contributed by atoms with Crippen LogP contribution in [-0.4, -0.2) is 12.4 Å². The molecule has 0 fully saturated rings. The molecule has 20 heavy (non-hydrogen) atoms. The number of alkyl halides is 2. The van der Waals surface area contributed by atoms with Crippen molar-refractivity contribution < 1.29 is 18.3 Å². The van der Waals surface area contributed by atoms with Gasteiger partial charge in [-0.1, -0.05) is 42.5 Å². The molecule has 0 bridgehead atoms. The number of benzene rings is 2. The summed E-state index contributed by atoms with van der Waals surface area (Å²) in [4.78, 5) is 11.4. The van der Waals surface area contributed by atoms with E-state index in [1.807, 2.05) is 0 Å². The van der Waals surface area contributed by atoms with Crippen LogP contribution in [0.1, 0.15) is 22.8 Å². The Morgan fingerprint density at radius 3 is 2.30 bits per heavy atom. The summed E-state index contributed by atoms with van der Waals surface area (Å²) in [6.45, 7) is 0.568. The van der Waals surface area contributed by atoms with Gasteiger partial charge >= 0.3 is 5.92 Å². The van der Waals surface area contributed by atoms with Gasteiger partial charge in [0.2, 0.25) is 0 Å². The highest BCUT2D eigenvalue weighted by atomic mass is 19.3. The summed E-state index contributed by atoms with van der Waals surface area (Å²) in [5.41, 5.74) is 0.191. The summed E-state index contributed by atoms with van der Waals surface area (Å²) >= 11 is 0. The minimum Gasteiger partial charge on any atom is -0.486 e. The van der Waals surface area contributed by atoms with Crippen LogP contribution in [0.3, 0.4) is 0 Å². The molecule has 0 aliphatic carbocycles. The zero-order valence-corrected chi connectivity index (χ0v) is 11.0. The second-order valence-corrected chi connectivity index (χ2v) is 4.41. The first-order valence-electron chi connectivity index (χ1n) is 6.17. The van der Waals surface area contributed by atoms with E-state index in [2.05, 4.69) is 0 Å². The van der Waals surface area contributed by atoms with Gasteiger partial charge in [-0.05, 0) is 19.1 Å². The molecule has 0 saturated carbocycles. The van der Waals surface area contributed by atoms with Gasteiger partial charge in [-0.3, -0.25) is 4.79 Å². The standard InChI is InChI=1S/C16H14F2O2/c1-12(19)14-9-5-6-10-15(14)20-11-16(17,18)13-7-3-2-4-8-13/h2-10H,11H2,1H3. The van der Waals surface area contributed by atoms with Crippen LogP contribution >= 0.6 is 0 Å². The number of hydrogen-bond acceptors (Lipinski definition) is 2. The lowest BCUT2D eigenvalue weighted by atomic mass is 10.1. The number of carbonyl (C=O) groups excluding carboxylic acids is 1. The fraction of sp³-hybridized carbons (Fsp3) is 0.188. The van der Waals surface area contributed by atoms with Gasteiger partial charge in [0.05, 0.1) is 5.56 Å². The van der Waals surface area contributed by atoms with Gasteiger partial charge in [0.15, 0.2) is 12.4 Å². The van der Waals surface area contributed by atoms with Gasteiger partial charge < -0.3 is 4.74 Å². The summed E-state index contributed by atoms with van der Waals surface area (Å²) in [5.74, 6) is -3.15. The molecule has 2 rings (SSSR count). The fourth-order valence-electron chi connectivity index (χ4n) is 1.82. The average Bonchev–Trinajstić information content (AvgIpc) is 2.46. The van der Waals surface area contributed by atoms with Crippen LogP contribution in [0.5, 0.6) is 5.75 Å². The van der Waals surface area contributed by atoms with Crippen LogP contribution in [0.4, 0.5) is 8.78 Å². The molecule has 4 heteroatoms. The molecule has 2 aromatic rings. The van der Waals surface area contributed by atoms with Gasteiger partial charge in [0.1, 0.15) is 5.75 Å². The quantitative estimate of drug-likeness (QED) is 0.770. The zero-order chi connectivity index (χ0) is 14.6. The van der Waals surface area contributed by atoms with E-state index in [0.717, 1.165) is 0 Å². The van der Waals surface area contributed by atoms with Crippen molar-refractivity contribution in [2.75, 3.05) is 6.61 Å². The Labute approximate surface area is 116 Å². The van der Waals surface area contributed by atoms with Crippen LogP contribution in [0, 0.1) is 0 Å². The van der Waals surface area contributed by atoms with Gasteiger partial charge in [-0.15, -0.1) is 0 Å². The third kappa shape index (κ3) is 3.20.